The molecule has 94 valence electrons. The van der Waals surface area contributed by atoms with Crippen LogP contribution in [0.3, 0.4) is 0 Å². The molecule has 2 N–H and O–H groups in total. The maximum absolute atomic E-state index is 13.0. The molecule has 0 saturated carbocycles. The van der Waals surface area contributed by atoms with Crippen LogP contribution in [0.2, 0.25) is 5.15 Å². The summed E-state index contributed by atoms with van der Waals surface area (Å²) in [6, 6.07) is 1.03. The zero-order valence-electron chi connectivity index (χ0n) is 9.71. The number of nitrogens with one attached hydrogen (secondary N) is 2. The van der Waals surface area contributed by atoms with Gasteiger partial charge >= 0.3 is 0 Å². The van der Waals surface area contributed by atoms with Crippen LogP contribution < -0.4 is 5.32 Å². The monoisotopic (exact) mass is 268 g/mol. The van der Waals surface area contributed by atoms with E-state index in [1.807, 2.05) is 6.92 Å². The lowest BCUT2D eigenvalue weighted by Gasteiger charge is -2.04. The summed E-state index contributed by atoms with van der Waals surface area (Å²) in [5.74, 6) is -0.793. The third kappa shape index (κ3) is 2.33. The van der Waals surface area contributed by atoms with Gasteiger partial charge in [-0.05, 0) is 19.9 Å². The van der Waals surface area contributed by atoms with Crippen molar-refractivity contribution < 1.29 is 9.18 Å². The van der Waals surface area contributed by atoms with Gasteiger partial charge in [0.1, 0.15) is 11.0 Å². The summed E-state index contributed by atoms with van der Waals surface area (Å²) in [5.41, 5.74) is 1.62. The number of aromatic nitrogens is 3. The molecule has 2 aromatic heterocycles. The molecule has 2 aromatic rings. The Labute approximate surface area is 107 Å². The summed E-state index contributed by atoms with van der Waals surface area (Å²) in [6.45, 7) is 3.63. The molecule has 0 aliphatic carbocycles. The van der Waals surface area contributed by atoms with Gasteiger partial charge in [-0.2, -0.15) is 5.10 Å². The lowest BCUT2D eigenvalue weighted by molar-refractivity contribution is 0.102. The van der Waals surface area contributed by atoms with Gasteiger partial charge in [0, 0.05) is 11.3 Å². The molecule has 2 heterocycles. The minimum absolute atomic E-state index is 0.0308. The first-order valence-corrected chi connectivity index (χ1v) is 5.51. The number of anilines is 1. The summed E-state index contributed by atoms with van der Waals surface area (Å²) < 4.78 is 13.0. The first-order valence-electron chi connectivity index (χ1n) is 5.13. The normalized spacial score (nSPS) is 10.4. The van der Waals surface area contributed by atoms with Crippen molar-refractivity contribution in [1.82, 2.24) is 15.2 Å². The molecular formula is C11H10ClFN4O. The fraction of sp³-hybridized carbons (Fsp3) is 0.182. The van der Waals surface area contributed by atoms with Crippen LogP contribution in [0, 0.1) is 19.7 Å². The Hall–Kier alpha value is -1.95. The molecule has 7 heteroatoms. The molecule has 0 spiro atoms. The zero-order chi connectivity index (χ0) is 13.3. The van der Waals surface area contributed by atoms with Crippen molar-refractivity contribution in [2.75, 3.05) is 5.32 Å². The topological polar surface area (TPSA) is 70.7 Å². The predicted molar refractivity (Wildman–Crippen MR) is 65.2 cm³/mol. The van der Waals surface area contributed by atoms with Gasteiger partial charge in [0.2, 0.25) is 0 Å². The molecule has 0 radical (unpaired) electrons. The molecule has 0 atom stereocenters. The molecule has 0 fully saturated rings. The van der Waals surface area contributed by atoms with Gasteiger partial charge in [-0.15, -0.1) is 0 Å². The van der Waals surface area contributed by atoms with Crippen LogP contribution in [0.15, 0.2) is 12.3 Å². The zero-order valence-corrected chi connectivity index (χ0v) is 10.5. The molecule has 0 unspecified atom stereocenters. The molecule has 5 nitrogen and oxygen atoms in total. The number of carbonyl (C=O) groups is 1. The highest BCUT2D eigenvalue weighted by molar-refractivity contribution is 6.33. The molecule has 18 heavy (non-hydrogen) atoms. The Balaban J connectivity index is 2.27. The summed E-state index contributed by atoms with van der Waals surface area (Å²) in [4.78, 5) is 15.5. The Morgan fingerprint density at radius 2 is 2.22 bits per heavy atom. The van der Waals surface area contributed by atoms with Crippen molar-refractivity contribution in [2.24, 2.45) is 0 Å². The third-order valence-electron chi connectivity index (χ3n) is 2.54. The first kappa shape index (κ1) is 12.5. The van der Waals surface area contributed by atoms with Crippen molar-refractivity contribution in [3.05, 3.63) is 40.1 Å². The molecule has 0 aromatic carbocycles. The van der Waals surface area contributed by atoms with Gasteiger partial charge in [0.25, 0.3) is 5.91 Å². The van der Waals surface area contributed by atoms with Gasteiger partial charge in [0.05, 0.1) is 11.8 Å². The average molecular weight is 269 g/mol. The average Bonchev–Trinajstić information content (AvgIpc) is 2.64. The molecular weight excluding hydrogens is 259 g/mol. The Morgan fingerprint density at radius 3 is 2.83 bits per heavy atom. The second kappa shape index (κ2) is 4.73. The summed E-state index contributed by atoms with van der Waals surface area (Å²) in [5, 5.41) is 9.14. The highest BCUT2D eigenvalue weighted by Gasteiger charge is 2.15. The maximum Gasteiger partial charge on any atom is 0.260 e. The molecule has 0 saturated heterocycles. The van der Waals surface area contributed by atoms with E-state index in [1.54, 1.807) is 6.92 Å². The number of nitrogens with zero attached hydrogens (tertiary/aromatic N) is 2. The maximum atomic E-state index is 13.0. The number of hydrogen-bond acceptors (Lipinski definition) is 3. The number of rotatable bonds is 2. The van der Waals surface area contributed by atoms with Crippen molar-refractivity contribution in [2.45, 2.75) is 13.8 Å². The summed E-state index contributed by atoms with van der Waals surface area (Å²) in [6.07, 6.45) is 0.947. The minimum atomic E-state index is -0.625. The van der Waals surface area contributed by atoms with Crippen molar-refractivity contribution in [1.29, 1.82) is 0 Å². The van der Waals surface area contributed by atoms with Crippen molar-refractivity contribution in [3.63, 3.8) is 0 Å². The summed E-state index contributed by atoms with van der Waals surface area (Å²) in [7, 11) is 0. The van der Waals surface area contributed by atoms with E-state index in [0.717, 1.165) is 23.5 Å². The van der Waals surface area contributed by atoms with Crippen LogP contribution in [0.4, 0.5) is 10.2 Å². The number of aromatic amines is 1. The number of H-pyrrole nitrogens is 1. The number of pyridine rings is 1. The SMILES string of the molecule is Cc1[nH]nc(NC(=O)c2cc(F)cnc2Cl)c1C. The third-order valence-corrected chi connectivity index (χ3v) is 2.84. The van der Waals surface area contributed by atoms with Crippen LogP contribution in [0.1, 0.15) is 21.6 Å². The van der Waals surface area contributed by atoms with Gasteiger partial charge in [-0.3, -0.25) is 9.89 Å². The van der Waals surface area contributed by atoms with Crippen LogP contribution in [0.25, 0.3) is 0 Å². The highest BCUT2D eigenvalue weighted by atomic mass is 35.5. The van der Waals surface area contributed by atoms with Gasteiger partial charge in [0.15, 0.2) is 5.82 Å². The van der Waals surface area contributed by atoms with Crippen LogP contribution >= 0.6 is 11.6 Å². The summed E-state index contributed by atoms with van der Waals surface area (Å²) >= 11 is 5.74. The van der Waals surface area contributed by atoms with E-state index in [1.165, 1.54) is 0 Å². The lowest BCUT2D eigenvalue weighted by atomic mass is 10.2. The number of amides is 1. The van der Waals surface area contributed by atoms with E-state index >= 15 is 0 Å². The number of aryl methyl sites for hydroxylation is 1. The molecule has 2 rings (SSSR count). The van der Waals surface area contributed by atoms with Gasteiger partial charge < -0.3 is 5.32 Å². The fourth-order valence-corrected chi connectivity index (χ4v) is 1.55. The Morgan fingerprint density at radius 1 is 1.50 bits per heavy atom. The standard InChI is InChI=1S/C11H10ClFN4O/c1-5-6(2)16-17-10(5)15-11(18)8-3-7(13)4-14-9(8)12/h3-4H,1-2H3,(H2,15,16,17,18). The Bertz CT molecular complexity index is 611. The van der Waals surface area contributed by atoms with Crippen LogP contribution in [-0.2, 0) is 0 Å². The van der Waals surface area contributed by atoms with Crippen molar-refractivity contribution in [3.8, 4) is 0 Å². The van der Waals surface area contributed by atoms with Crippen LogP contribution in [0.5, 0.6) is 0 Å². The number of halogens is 2. The first-order chi connectivity index (χ1) is 8.49. The van der Waals surface area contributed by atoms with Gasteiger partial charge in [-0.1, -0.05) is 11.6 Å². The smallest absolute Gasteiger partial charge is 0.260 e. The fourth-order valence-electron chi connectivity index (χ4n) is 1.36. The Kier molecular flexibility index (Phi) is 3.29. The second-order valence-corrected chi connectivity index (χ2v) is 4.13. The molecule has 0 aliphatic rings. The second-order valence-electron chi connectivity index (χ2n) is 3.77. The lowest BCUT2D eigenvalue weighted by Crippen LogP contribution is -2.14. The van der Waals surface area contributed by atoms with E-state index in [-0.39, 0.29) is 10.7 Å². The van der Waals surface area contributed by atoms with E-state index < -0.39 is 11.7 Å². The molecule has 1 amide bonds. The van der Waals surface area contributed by atoms with Crippen molar-refractivity contribution >= 4 is 23.3 Å². The molecule has 0 bridgehead atoms. The number of carbonyl (C=O) groups excluding carboxylic acids is 1. The predicted octanol–water partition coefficient (Wildman–Crippen LogP) is 2.47. The quantitative estimate of drug-likeness (QED) is 0.822. The number of hydrogen-bond donors (Lipinski definition) is 2. The minimum Gasteiger partial charge on any atom is -0.305 e. The van der Waals surface area contributed by atoms with E-state index in [2.05, 4.69) is 20.5 Å². The largest absolute Gasteiger partial charge is 0.305 e. The van der Waals surface area contributed by atoms with Crippen LogP contribution in [-0.4, -0.2) is 21.1 Å². The molecule has 0 aliphatic heterocycles. The van der Waals surface area contributed by atoms with Gasteiger partial charge in [-0.25, -0.2) is 9.37 Å². The van der Waals surface area contributed by atoms with E-state index in [0.29, 0.717) is 5.82 Å². The highest BCUT2D eigenvalue weighted by Crippen LogP contribution is 2.18. The van der Waals surface area contributed by atoms with E-state index in [9.17, 15) is 9.18 Å². The van der Waals surface area contributed by atoms with E-state index in [4.69, 9.17) is 11.6 Å².